The zero-order valence-corrected chi connectivity index (χ0v) is 20.3. The van der Waals surface area contributed by atoms with Crippen LogP contribution in [0.15, 0.2) is 60.9 Å². The van der Waals surface area contributed by atoms with E-state index >= 15 is 0 Å². The molecule has 178 valence electrons. The minimum absolute atomic E-state index is 0.00303. The summed E-state index contributed by atoms with van der Waals surface area (Å²) in [5.74, 6) is 0.366. The molecule has 0 amide bonds. The van der Waals surface area contributed by atoms with E-state index in [-0.39, 0.29) is 21.5 Å². The van der Waals surface area contributed by atoms with E-state index in [2.05, 4.69) is 14.5 Å². The van der Waals surface area contributed by atoms with Gasteiger partial charge >= 0.3 is 7.82 Å². The Morgan fingerprint density at radius 1 is 1.09 bits per heavy atom. The van der Waals surface area contributed by atoms with Crippen LogP contribution in [0.5, 0.6) is 5.75 Å². The maximum absolute atomic E-state index is 10.9. The van der Waals surface area contributed by atoms with Crippen molar-refractivity contribution < 1.29 is 33.2 Å². The number of ether oxygens (including phenoxy) is 1. The zero-order chi connectivity index (χ0) is 24.1. The number of pyridine rings is 2. The molecule has 0 saturated heterocycles. The lowest BCUT2D eigenvalue weighted by Gasteiger charge is -2.17. The summed E-state index contributed by atoms with van der Waals surface area (Å²) in [6.07, 6.45) is 3.38. The van der Waals surface area contributed by atoms with Crippen molar-refractivity contribution in [3.8, 4) is 5.75 Å². The van der Waals surface area contributed by atoms with Gasteiger partial charge in [0.25, 0.3) is 0 Å². The summed E-state index contributed by atoms with van der Waals surface area (Å²) < 4.78 is 26.7. The van der Waals surface area contributed by atoms with Crippen LogP contribution in [0.3, 0.4) is 0 Å². The smallest absolute Gasteiger partial charge is 0.466 e. The van der Waals surface area contributed by atoms with Gasteiger partial charge in [0.15, 0.2) is 6.79 Å². The topological polar surface area (TPSA) is 131 Å². The first kappa shape index (κ1) is 24.9. The summed E-state index contributed by atoms with van der Waals surface area (Å²) in [5.41, 5.74) is 2.13. The van der Waals surface area contributed by atoms with Crippen LogP contribution in [0.1, 0.15) is 18.1 Å². The first-order valence-corrected chi connectivity index (χ1v) is 12.9. The van der Waals surface area contributed by atoms with Crippen molar-refractivity contribution >= 4 is 55.3 Å². The fourth-order valence-corrected chi connectivity index (χ4v) is 4.63. The molecule has 12 heteroatoms. The van der Waals surface area contributed by atoms with Gasteiger partial charge in [0, 0.05) is 55.3 Å². The number of halogens is 1. The summed E-state index contributed by atoms with van der Waals surface area (Å²) in [6, 6.07) is 14.6. The second-order valence-corrected chi connectivity index (χ2v) is 9.92. The highest BCUT2D eigenvalue weighted by atomic mass is 35.5. The summed E-state index contributed by atoms with van der Waals surface area (Å²) in [4.78, 5) is 26.6. The molecule has 2 unspecified atom stereocenters. The lowest BCUT2D eigenvalue weighted by atomic mass is 10.1. The molecule has 34 heavy (non-hydrogen) atoms. The number of phosphoric acid groups is 1. The summed E-state index contributed by atoms with van der Waals surface area (Å²) in [5, 5.41) is 12.4. The van der Waals surface area contributed by atoms with Gasteiger partial charge in [-0.15, -0.1) is 0 Å². The molecule has 0 aliphatic carbocycles. The highest BCUT2D eigenvalue weighted by Crippen LogP contribution is 2.36. The SMILES string of the molecule is O=P(O)(O)OCOc1ccnc2c1ccc1cc(POC(CCO)c3cccc(Cl)c3)cnc12. The largest absolute Gasteiger partial charge is 0.472 e. The summed E-state index contributed by atoms with van der Waals surface area (Å²) in [6.45, 7) is -0.618. The molecule has 4 rings (SSSR count). The maximum atomic E-state index is 10.9. The molecule has 0 radical (unpaired) electrons. The maximum Gasteiger partial charge on any atom is 0.472 e. The molecule has 3 N–H and O–H groups in total. The molecule has 2 aromatic heterocycles. The zero-order valence-electron chi connectivity index (χ0n) is 17.7. The average molecular weight is 523 g/mol. The second kappa shape index (κ2) is 11.0. The number of phosphoric ester groups is 1. The molecule has 2 aromatic carbocycles. The van der Waals surface area contributed by atoms with Crippen LogP contribution in [0.25, 0.3) is 21.8 Å². The summed E-state index contributed by atoms with van der Waals surface area (Å²) in [7, 11) is -4.64. The quantitative estimate of drug-likeness (QED) is 0.159. The third-order valence-electron chi connectivity index (χ3n) is 4.89. The molecular formula is C22H21ClN2O7P2. The van der Waals surface area contributed by atoms with Gasteiger partial charge in [0.1, 0.15) is 11.3 Å². The number of aliphatic hydroxyl groups excluding tert-OH is 1. The van der Waals surface area contributed by atoms with Gasteiger partial charge in [-0.1, -0.05) is 29.8 Å². The van der Waals surface area contributed by atoms with E-state index in [0.717, 1.165) is 16.3 Å². The first-order valence-electron chi connectivity index (χ1n) is 10.1. The van der Waals surface area contributed by atoms with Crippen molar-refractivity contribution in [2.45, 2.75) is 12.5 Å². The highest BCUT2D eigenvalue weighted by molar-refractivity contribution is 7.46. The molecule has 0 aliphatic rings. The number of aromatic nitrogens is 2. The Morgan fingerprint density at radius 2 is 1.94 bits per heavy atom. The van der Waals surface area contributed by atoms with Crippen molar-refractivity contribution in [1.82, 2.24) is 9.97 Å². The number of benzene rings is 2. The Morgan fingerprint density at radius 3 is 2.71 bits per heavy atom. The van der Waals surface area contributed by atoms with Gasteiger partial charge in [0.2, 0.25) is 0 Å². The van der Waals surface area contributed by atoms with Crippen molar-refractivity contribution in [1.29, 1.82) is 0 Å². The van der Waals surface area contributed by atoms with Crippen LogP contribution in [-0.4, -0.2) is 38.3 Å². The molecule has 4 aromatic rings. The minimum atomic E-state index is -4.63. The highest BCUT2D eigenvalue weighted by Gasteiger charge is 2.16. The van der Waals surface area contributed by atoms with E-state index < -0.39 is 14.6 Å². The van der Waals surface area contributed by atoms with Gasteiger partial charge in [-0.2, -0.15) is 0 Å². The van der Waals surface area contributed by atoms with E-state index in [4.69, 9.17) is 30.6 Å². The van der Waals surface area contributed by atoms with E-state index in [1.165, 1.54) is 6.20 Å². The first-order chi connectivity index (χ1) is 16.3. The van der Waals surface area contributed by atoms with Crippen LogP contribution in [0.2, 0.25) is 5.02 Å². The molecule has 0 fully saturated rings. The molecule has 0 aliphatic heterocycles. The Bertz CT molecular complexity index is 1350. The molecule has 2 heterocycles. The molecular weight excluding hydrogens is 502 g/mol. The number of fused-ring (bicyclic) bond motifs is 3. The second-order valence-electron chi connectivity index (χ2n) is 7.22. The lowest BCUT2D eigenvalue weighted by molar-refractivity contribution is 0.0840. The van der Waals surface area contributed by atoms with E-state index in [0.29, 0.717) is 33.6 Å². The molecule has 9 nitrogen and oxygen atoms in total. The number of rotatable bonds is 10. The van der Waals surface area contributed by atoms with E-state index in [1.54, 1.807) is 24.4 Å². The van der Waals surface area contributed by atoms with Crippen molar-refractivity contribution in [2.75, 3.05) is 13.4 Å². The third-order valence-corrected chi connectivity index (χ3v) is 6.48. The number of aliphatic hydroxyl groups is 1. The van der Waals surface area contributed by atoms with Gasteiger partial charge in [-0.05, 0) is 35.9 Å². The average Bonchev–Trinajstić information content (AvgIpc) is 2.80. The lowest BCUT2D eigenvalue weighted by Crippen LogP contribution is -2.06. The van der Waals surface area contributed by atoms with Crippen LogP contribution >= 0.6 is 28.2 Å². The normalized spacial score (nSPS) is 13.2. The fraction of sp³-hybridized carbons (Fsp3) is 0.182. The van der Waals surface area contributed by atoms with Crippen molar-refractivity contribution in [3.05, 3.63) is 71.5 Å². The van der Waals surface area contributed by atoms with Gasteiger partial charge < -0.3 is 24.2 Å². The van der Waals surface area contributed by atoms with Crippen LogP contribution in [0.4, 0.5) is 0 Å². The Kier molecular flexibility index (Phi) is 8.09. The molecule has 2 atom stereocenters. The monoisotopic (exact) mass is 522 g/mol. The van der Waals surface area contributed by atoms with Crippen molar-refractivity contribution in [3.63, 3.8) is 0 Å². The standard InChI is InChI=1S/C22H21ClN2O7P2/c23-16-3-1-2-14(10-16)19(7-9-26)32-33-17-11-15-4-5-18-20(30-13-31-34(27,28)29)6-8-24-22(18)21(15)25-12-17/h1-6,8,10-12,19,26,33H,7,9,13H2,(H2,27,28,29). The van der Waals surface area contributed by atoms with Crippen LogP contribution < -0.4 is 10.0 Å². The summed E-state index contributed by atoms with van der Waals surface area (Å²) >= 11 is 6.10. The Balaban J connectivity index is 1.54. The van der Waals surface area contributed by atoms with Gasteiger partial charge in [-0.3, -0.25) is 9.97 Å². The number of nitrogens with zero attached hydrogens (tertiary/aromatic N) is 2. The third kappa shape index (κ3) is 6.27. The van der Waals surface area contributed by atoms with E-state index in [1.807, 2.05) is 30.3 Å². The molecule has 0 saturated carbocycles. The van der Waals surface area contributed by atoms with Gasteiger partial charge in [-0.25, -0.2) is 9.09 Å². The fourth-order valence-electron chi connectivity index (χ4n) is 3.38. The Labute approximate surface area is 201 Å². The van der Waals surface area contributed by atoms with E-state index in [9.17, 15) is 9.67 Å². The minimum Gasteiger partial charge on any atom is -0.466 e. The molecule has 0 bridgehead atoms. The Hall–Kier alpha value is -2.19. The number of hydrogen-bond donors (Lipinski definition) is 3. The number of hydrogen-bond acceptors (Lipinski definition) is 7. The predicted octanol–water partition coefficient (Wildman–Crippen LogP) is 4.24. The predicted molar refractivity (Wildman–Crippen MR) is 131 cm³/mol. The van der Waals surface area contributed by atoms with Crippen molar-refractivity contribution in [2.24, 2.45) is 0 Å². The van der Waals surface area contributed by atoms with Crippen LogP contribution in [-0.2, 0) is 13.6 Å². The molecule has 0 spiro atoms. The van der Waals surface area contributed by atoms with Crippen LogP contribution in [0, 0.1) is 0 Å². The van der Waals surface area contributed by atoms with Gasteiger partial charge in [0.05, 0.1) is 11.6 Å².